The predicted octanol–water partition coefficient (Wildman–Crippen LogP) is 4.31. The van der Waals surface area contributed by atoms with Gasteiger partial charge in [-0.25, -0.2) is 14.4 Å². The van der Waals surface area contributed by atoms with Gasteiger partial charge < -0.3 is 15.4 Å². The van der Waals surface area contributed by atoms with Gasteiger partial charge in [0.2, 0.25) is 0 Å². The van der Waals surface area contributed by atoms with Gasteiger partial charge in [0.1, 0.15) is 23.7 Å². The summed E-state index contributed by atoms with van der Waals surface area (Å²) >= 11 is 5.93. The van der Waals surface area contributed by atoms with Crippen LogP contribution in [0.1, 0.15) is 19.4 Å². The van der Waals surface area contributed by atoms with Crippen molar-refractivity contribution in [1.82, 2.24) is 20.2 Å². The van der Waals surface area contributed by atoms with Crippen molar-refractivity contribution in [1.29, 1.82) is 0 Å². The number of halogens is 2. The first-order chi connectivity index (χ1) is 14.4. The zero-order valence-electron chi connectivity index (χ0n) is 17.3. The zero-order chi connectivity index (χ0) is 21.3. The van der Waals surface area contributed by atoms with Crippen molar-refractivity contribution in [2.24, 2.45) is 0 Å². The molecule has 158 valence electrons. The largest absolute Gasteiger partial charge is 0.496 e. The maximum Gasteiger partial charge on any atom is 0.141 e. The molecule has 0 aliphatic carbocycles. The van der Waals surface area contributed by atoms with E-state index in [1.54, 1.807) is 19.2 Å². The van der Waals surface area contributed by atoms with Crippen LogP contribution in [0.5, 0.6) is 5.75 Å². The molecule has 1 aliphatic rings. The van der Waals surface area contributed by atoms with Crippen LogP contribution in [0.3, 0.4) is 0 Å². The van der Waals surface area contributed by atoms with Crippen molar-refractivity contribution in [2.45, 2.75) is 19.4 Å². The van der Waals surface area contributed by atoms with Gasteiger partial charge in [-0.1, -0.05) is 11.6 Å². The number of nitrogens with one attached hydrogen (secondary N) is 2. The number of hydrogen-bond donors (Lipinski definition) is 2. The molecule has 2 aromatic carbocycles. The Morgan fingerprint density at radius 1 is 1.17 bits per heavy atom. The van der Waals surface area contributed by atoms with Crippen molar-refractivity contribution in [3.8, 4) is 5.75 Å². The molecule has 3 aromatic rings. The lowest BCUT2D eigenvalue weighted by atomic mass is 9.89. The minimum absolute atomic E-state index is 0.0561. The van der Waals surface area contributed by atoms with Gasteiger partial charge in [-0.15, -0.1) is 0 Å². The maximum atomic E-state index is 13.5. The monoisotopic (exact) mass is 429 g/mol. The summed E-state index contributed by atoms with van der Waals surface area (Å²) in [5, 5.41) is 7.56. The smallest absolute Gasteiger partial charge is 0.141 e. The van der Waals surface area contributed by atoms with Crippen molar-refractivity contribution < 1.29 is 9.13 Å². The first-order valence-corrected chi connectivity index (χ1v) is 10.3. The molecule has 0 bridgehead atoms. The van der Waals surface area contributed by atoms with Crippen LogP contribution in [0.25, 0.3) is 10.9 Å². The van der Waals surface area contributed by atoms with Crippen LogP contribution in [0.2, 0.25) is 5.02 Å². The summed E-state index contributed by atoms with van der Waals surface area (Å²) in [6.07, 6.45) is 1.50. The van der Waals surface area contributed by atoms with E-state index in [1.165, 1.54) is 12.4 Å². The Bertz CT molecular complexity index is 1070. The van der Waals surface area contributed by atoms with Crippen molar-refractivity contribution in [3.05, 3.63) is 53.1 Å². The second-order valence-corrected chi connectivity index (χ2v) is 8.25. The summed E-state index contributed by atoms with van der Waals surface area (Å²) in [6.45, 7) is 8.25. The summed E-state index contributed by atoms with van der Waals surface area (Å²) in [7, 11) is 1.68. The molecule has 1 saturated heterocycles. The van der Waals surface area contributed by atoms with Crippen LogP contribution >= 0.6 is 11.6 Å². The normalized spacial score (nSPS) is 15.4. The highest BCUT2D eigenvalue weighted by Gasteiger charge is 2.33. The third kappa shape index (κ3) is 3.93. The standard InChI is InChI=1S/C22H25ClFN5O/c1-22(2,29-8-6-25-7-9-29)16-11-15-19(12-20(16)30-3)26-13-27-21(15)28-14-4-5-18(24)17(23)10-14/h4-5,10-13,25H,6-9H2,1-3H3,(H,26,27,28). The van der Waals surface area contributed by atoms with Crippen LogP contribution in [0.15, 0.2) is 36.7 Å². The van der Waals surface area contributed by atoms with E-state index in [0.29, 0.717) is 11.5 Å². The molecule has 6 nitrogen and oxygen atoms in total. The van der Waals surface area contributed by atoms with E-state index in [9.17, 15) is 4.39 Å². The van der Waals surface area contributed by atoms with Gasteiger partial charge >= 0.3 is 0 Å². The summed E-state index contributed by atoms with van der Waals surface area (Å²) in [5.41, 5.74) is 2.24. The third-order valence-corrected chi connectivity index (χ3v) is 6.00. The molecule has 8 heteroatoms. The molecule has 2 heterocycles. The van der Waals surface area contributed by atoms with Crippen LogP contribution in [-0.2, 0) is 5.54 Å². The Morgan fingerprint density at radius 2 is 1.93 bits per heavy atom. The van der Waals surface area contributed by atoms with Gasteiger partial charge in [-0.2, -0.15) is 0 Å². The number of piperazine rings is 1. The van der Waals surface area contributed by atoms with E-state index in [2.05, 4.69) is 45.4 Å². The number of methoxy groups -OCH3 is 1. The fourth-order valence-corrected chi connectivity index (χ4v) is 4.12. The lowest BCUT2D eigenvalue weighted by Gasteiger charge is -2.42. The van der Waals surface area contributed by atoms with Gasteiger partial charge in [0.25, 0.3) is 0 Å². The van der Waals surface area contributed by atoms with Gasteiger partial charge in [-0.3, -0.25) is 4.90 Å². The van der Waals surface area contributed by atoms with E-state index in [1.807, 2.05) is 6.07 Å². The Hall–Kier alpha value is -2.48. The molecule has 0 radical (unpaired) electrons. The predicted molar refractivity (Wildman–Crippen MR) is 118 cm³/mol. The number of aromatic nitrogens is 2. The number of ether oxygens (including phenoxy) is 1. The topological polar surface area (TPSA) is 62.3 Å². The first-order valence-electron chi connectivity index (χ1n) is 9.91. The Labute approximate surface area is 180 Å². The van der Waals surface area contributed by atoms with Gasteiger partial charge in [0.15, 0.2) is 0 Å². The van der Waals surface area contributed by atoms with E-state index in [0.717, 1.165) is 48.4 Å². The lowest BCUT2D eigenvalue weighted by molar-refractivity contribution is 0.100. The van der Waals surface area contributed by atoms with Crippen LogP contribution in [0.4, 0.5) is 15.9 Å². The van der Waals surface area contributed by atoms with Gasteiger partial charge in [0, 0.05) is 54.4 Å². The zero-order valence-corrected chi connectivity index (χ0v) is 18.1. The molecule has 0 atom stereocenters. The lowest BCUT2D eigenvalue weighted by Crippen LogP contribution is -2.51. The highest BCUT2D eigenvalue weighted by Crippen LogP contribution is 2.39. The second kappa shape index (κ2) is 8.34. The molecular weight excluding hydrogens is 405 g/mol. The first kappa shape index (κ1) is 20.8. The van der Waals surface area contributed by atoms with Crippen LogP contribution < -0.4 is 15.4 Å². The average Bonchev–Trinajstić information content (AvgIpc) is 2.76. The number of nitrogens with zero attached hydrogens (tertiary/aromatic N) is 3. The molecule has 2 N–H and O–H groups in total. The van der Waals surface area contributed by atoms with E-state index in [4.69, 9.17) is 16.3 Å². The second-order valence-electron chi connectivity index (χ2n) is 7.84. The van der Waals surface area contributed by atoms with Crippen molar-refractivity contribution in [2.75, 3.05) is 38.6 Å². The fraction of sp³-hybridized carbons (Fsp3) is 0.364. The van der Waals surface area contributed by atoms with Crippen molar-refractivity contribution >= 4 is 34.0 Å². The summed E-state index contributed by atoms with van der Waals surface area (Å²) < 4.78 is 19.3. The average molecular weight is 430 g/mol. The molecule has 0 saturated carbocycles. The Balaban J connectivity index is 1.79. The highest BCUT2D eigenvalue weighted by atomic mass is 35.5. The number of fused-ring (bicyclic) bond motifs is 1. The molecular formula is C22H25ClFN5O. The molecule has 0 amide bonds. The SMILES string of the molecule is COc1cc2ncnc(Nc3ccc(F)c(Cl)c3)c2cc1C(C)(C)N1CCNCC1. The number of benzene rings is 2. The number of rotatable bonds is 5. The summed E-state index contributed by atoms with van der Waals surface area (Å²) in [6, 6.07) is 8.53. The van der Waals surface area contributed by atoms with E-state index in [-0.39, 0.29) is 10.6 Å². The van der Waals surface area contributed by atoms with Crippen molar-refractivity contribution in [3.63, 3.8) is 0 Å². The van der Waals surface area contributed by atoms with Gasteiger partial charge in [-0.05, 0) is 38.1 Å². The number of anilines is 2. The van der Waals surface area contributed by atoms with E-state index < -0.39 is 5.82 Å². The fourth-order valence-electron chi connectivity index (χ4n) is 3.94. The molecule has 30 heavy (non-hydrogen) atoms. The summed E-state index contributed by atoms with van der Waals surface area (Å²) in [4.78, 5) is 11.3. The number of hydrogen-bond acceptors (Lipinski definition) is 6. The molecule has 1 aliphatic heterocycles. The van der Waals surface area contributed by atoms with Crippen LogP contribution in [-0.4, -0.2) is 48.2 Å². The molecule has 0 spiro atoms. The summed E-state index contributed by atoms with van der Waals surface area (Å²) in [5.74, 6) is 0.961. The quantitative estimate of drug-likeness (QED) is 0.630. The molecule has 1 fully saturated rings. The van der Waals surface area contributed by atoms with E-state index >= 15 is 0 Å². The maximum absolute atomic E-state index is 13.5. The molecule has 4 rings (SSSR count). The molecule has 0 unspecified atom stereocenters. The minimum Gasteiger partial charge on any atom is -0.496 e. The minimum atomic E-state index is -0.459. The Morgan fingerprint density at radius 3 is 2.63 bits per heavy atom. The Kier molecular flexibility index (Phi) is 5.77. The molecule has 1 aromatic heterocycles. The third-order valence-electron chi connectivity index (χ3n) is 5.71. The van der Waals surface area contributed by atoms with Crippen LogP contribution in [0, 0.1) is 5.82 Å². The highest BCUT2D eigenvalue weighted by molar-refractivity contribution is 6.31. The van der Waals surface area contributed by atoms with Gasteiger partial charge in [0.05, 0.1) is 17.6 Å².